The number of carbonyl (C=O) groups is 1. The van der Waals surface area contributed by atoms with E-state index >= 15 is 0 Å². The first-order valence-corrected chi connectivity index (χ1v) is 7.36. The Kier molecular flexibility index (Phi) is 4.89. The topological polar surface area (TPSA) is 44.4 Å². The van der Waals surface area contributed by atoms with Crippen molar-refractivity contribution in [2.24, 2.45) is 5.92 Å². The van der Waals surface area contributed by atoms with Crippen LogP contribution in [-0.4, -0.2) is 32.6 Å². The Morgan fingerprint density at radius 3 is 2.85 bits per heavy atom. The van der Waals surface area contributed by atoms with Crippen LogP contribution in [0.3, 0.4) is 0 Å². The Balaban J connectivity index is 2.12. The van der Waals surface area contributed by atoms with E-state index in [4.69, 9.17) is 11.6 Å². The third kappa shape index (κ3) is 3.64. The van der Waals surface area contributed by atoms with Crippen LogP contribution in [0.15, 0.2) is 18.2 Å². The van der Waals surface area contributed by atoms with E-state index in [1.165, 1.54) is 0 Å². The average Bonchev–Trinajstić information content (AvgIpc) is 2.38. The molecule has 2 atom stereocenters. The van der Waals surface area contributed by atoms with Gasteiger partial charge in [0.2, 0.25) is 5.91 Å². The fourth-order valence-electron chi connectivity index (χ4n) is 2.53. The SMILES string of the molecule is CC1CCNC(C(=O)Nc2cc(Cl)ccc2N(C)C)C1. The number of nitrogens with zero attached hydrogens (tertiary/aromatic N) is 1. The minimum Gasteiger partial charge on any atom is -0.376 e. The number of anilines is 2. The smallest absolute Gasteiger partial charge is 0.241 e. The standard InChI is InChI=1S/C15H22ClN3O/c1-10-6-7-17-13(8-10)15(20)18-12-9-11(16)4-5-14(12)19(2)3/h4-5,9-10,13,17H,6-8H2,1-3H3,(H,18,20). The van der Waals surface area contributed by atoms with E-state index in [0.29, 0.717) is 10.9 Å². The van der Waals surface area contributed by atoms with Crippen molar-refractivity contribution in [3.05, 3.63) is 23.2 Å². The maximum Gasteiger partial charge on any atom is 0.241 e. The summed E-state index contributed by atoms with van der Waals surface area (Å²) in [5, 5.41) is 6.89. The van der Waals surface area contributed by atoms with E-state index in [1.54, 1.807) is 6.07 Å². The normalized spacial score (nSPS) is 22.4. The van der Waals surface area contributed by atoms with E-state index in [9.17, 15) is 4.79 Å². The number of benzene rings is 1. The Morgan fingerprint density at radius 2 is 2.20 bits per heavy atom. The molecular formula is C15H22ClN3O. The van der Waals surface area contributed by atoms with Crippen LogP contribution in [0.2, 0.25) is 5.02 Å². The quantitative estimate of drug-likeness (QED) is 0.901. The Bertz CT molecular complexity index is 490. The molecule has 110 valence electrons. The van der Waals surface area contributed by atoms with Gasteiger partial charge in [-0.25, -0.2) is 0 Å². The number of halogens is 1. The number of carbonyl (C=O) groups excluding carboxylic acids is 1. The zero-order valence-corrected chi connectivity index (χ0v) is 13.0. The van der Waals surface area contributed by atoms with E-state index < -0.39 is 0 Å². The Hall–Kier alpha value is -1.26. The number of hydrogen-bond acceptors (Lipinski definition) is 3. The predicted octanol–water partition coefficient (Wildman–Crippen LogP) is 2.73. The number of amides is 1. The van der Waals surface area contributed by atoms with Crippen LogP contribution >= 0.6 is 11.6 Å². The van der Waals surface area contributed by atoms with E-state index in [2.05, 4.69) is 17.6 Å². The number of hydrogen-bond donors (Lipinski definition) is 2. The molecule has 1 saturated heterocycles. The summed E-state index contributed by atoms with van der Waals surface area (Å²) in [7, 11) is 3.89. The fourth-order valence-corrected chi connectivity index (χ4v) is 2.70. The highest BCUT2D eigenvalue weighted by Gasteiger charge is 2.25. The monoisotopic (exact) mass is 295 g/mol. The van der Waals surface area contributed by atoms with Crippen molar-refractivity contribution >= 4 is 28.9 Å². The summed E-state index contributed by atoms with van der Waals surface area (Å²) in [4.78, 5) is 14.3. The van der Waals surface area contributed by atoms with Crippen molar-refractivity contribution in [1.82, 2.24) is 5.32 Å². The Morgan fingerprint density at radius 1 is 1.45 bits per heavy atom. The molecular weight excluding hydrogens is 274 g/mol. The zero-order valence-electron chi connectivity index (χ0n) is 12.2. The van der Waals surface area contributed by atoms with Crippen molar-refractivity contribution in [3.63, 3.8) is 0 Å². The van der Waals surface area contributed by atoms with Crippen LogP contribution in [0, 0.1) is 5.92 Å². The van der Waals surface area contributed by atoms with Gasteiger partial charge in [-0.1, -0.05) is 18.5 Å². The van der Waals surface area contributed by atoms with Gasteiger partial charge in [-0.15, -0.1) is 0 Å². The summed E-state index contributed by atoms with van der Waals surface area (Å²) < 4.78 is 0. The first kappa shape index (κ1) is 15.1. The van der Waals surface area contributed by atoms with Crippen LogP contribution in [-0.2, 0) is 4.79 Å². The fraction of sp³-hybridized carbons (Fsp3) is 0.533. The lowest BCUT2D eigenvalue weighted by atomic mass is 9.94. The first-order chi connectivity index (χ1) is 9.47. The Labute approximate surface area is 125 Å². The third-order valence-electron chi connectivity index (χ3n) is 3.68. The third-order valence-corrected chi connectivity index (χ3v) is 3.92. The maximum atomic E-state index is 12.4. The molecule has 2 unspecified atom stereocenters. The highest BCUT2D eigenvalue weighted by Crippen LogP contribution is 2.28. The summed E-state index contributed by atoms with van der Waals surface area (Å²) in [6.45, 7) is 3.08. The molecule has 5 heteroatoms. The van der Waals surface area contributed by atoms with E-state index in [-0.39, 0.29) is 11.9 Å². The molecule has 1 aliphatic rings. The molecule has 0 aliphatic carbocycles. The van der Waals surface area contributed by atoms with Gasteiger partial charge in [0.15, 0.2) is 0 Å². The summed E-state index contributed by atoms with van der Waals surface area (Å²) in [5.74, 6) is 0.599. The van der Waals surface area contributed by atoms with Gasteiger partial charge in [0.25, 0.3) is 0 Å². The molecule has 1 heterocycles. The van der Waals surface area contributed by atoms with Gasteiger partial charge in [-0.2, -0.15) is 0 Å². The average molecular weight is 296 g/mol. The molecule has 1 aromatic carbocycles. The van der Waals surface area contributed by atoms with Crippen molar-refractivity contribution < 1.29 is 4.79 Å². The lowest BCUT2D eigenvalue weighted by Gasteiger charge is -2.28. The van der Waals surface area contributed by atoms with Gasteiger partial charge in [-0.3, -0.25) is 4.79 Å². The molecule has 1 amide bonds. The minimum absolute atomic E-state index is 0.0157. The van der Waals surface area contributed by atoms with Crippen LogP contribution < -0.4 is 15.5 Å². The van der Waals surface area contributed by atoms with Crippen molar-refractivity contribution in [3.8, 4) is 0 Å². The molecule has 0 spiro atoms. The second kappa shape index (κ2) is 6.46. The molecule has 2 rings (SSSR count). The molecule has 0 aromatic heterocycles. The zero-order chi connectivity index (χ0) is 14.7. The largest absolute Gasteiger partial charge is 0.376 e. The highest BCUT2D eigenvalue weighted by atomic mass is 35.5. The van der Waals surface area contributed by atoms with Gasteiger partial charge >= 0.3 is 0 Å². The molecule has 2 N–H and O–H groups in total. The lowest BCUT2D eigenvalue weighted by molar-refractivity contribution is -0.119. The van der Waals surface area contributed by atoms with Gasteiger partial charge in [0, 0.05) is 19.1 Å². The van der Waals surface area contributed by atoms with Crippen molar-refractivity contribution in [2.75, 3.05) is 30.9 Å². The summed E-state index contributed by atoms with van der Waals surface area (Å²) in [6, 6.07) is 5.41. The lowest BCUT2D eigenvalue weighted by Crippen LogP contribution is -2.45. The maximum absolute atomic E-state index is 12.4. The number of nitrogens with one attached hydrogen (secondary N) is 2. The summed E-state index contributed by atoms with van der Waals surface area (Å²) in [5.41, 5.74) is 1.71. The second-order valence-corrected chi connectivity index (χ2v) is 6.12. The summed E-state index contributed by atoms with van der Waals surface area (Å²) >= 11 is 6.03. The molecule has 0 bridgehead atoms. The predicted molar refractivity (Wildman–Crippen MR) is 84.6 cm³/mol. The van der Waals surface area contributed by atoms with E-state index in [0.717, 1.165) is 30.8 Å². The summed E-state index contributed by atoms with van der Waals surface area (Å²) in [6.07, 6.45) is 2.01. The molecule has 1 aromatic rings. The van der Waals surface area contributed by atoms with Crippen LogP contribution in [0.5, 0.6) is 0 Å². The second-order valence-electron chi connectivity index (χ2n) is 5.68. The van der Waals surface area contributed by atoms with E-state index in [1.807, 2.05) is 31.1 Å². The van der Waals surface area contributed by atoms with Crippen LogP contribution in [0.25, 0.3) is 0 Å². The minimum atomic E-state index is -0.118. The van der Waals surface area contributed by atoms with Gasteiger partial charge in [-0.05, 0) is 43.5 Å². The number of rotatable bonds is 3. The van der Waals surface area contributed by atoms with Crippen molar-refractivity contribution in [2.45, 2.75) is 25.8 Å². The first-order valence-electron chi connectivity index (χ1n) is 6.98. The molecule has 1 aliphatic heterocycles. The van der Waals surface area contributed by atoms with Crippen LogP contribution in [0.4, 0.5) is 11.4 Å². The molecule has 0 radical (unpaired) electrons. The molecule has 20 heavy (non-hydrogen) atoms. The highest BCUT2D eigenvalue weighted by molar-refractivity contribution is 6.31. The van der Waals surface area contributed by atoms with Gasteiger partial charge in [0.05, 0.1) is 17.4 Å². The van der Waals surface area contributed by atoms with Gasteiger partial charge in [0.1, 0.15) is 0 Å². The molecule has 4 nitrogen and oxygen atoms in total. The number of piperidine rings is 1. The van der Waals surface area contributed by atoms with Gasteiger partial charge < -0.3 is 15.5 Å². The molecule has 0 saturated carbocycles. The van der Waals surface area contributed by atoms with Crippen LogP contribution in [0.1, 0.15) is 19.8 Å². The van der Waals surface area contributed by atoms with Crippen molar-refractivity contribution in [1.29, 1.82) is 0 Å². The molecule has 1 fully saturated rings.